The molecule has 6 heteroatoms. The van der Waals surface area contributed by atoms with E-state index in [4.69, 9.17) is 16.1 Å². The molecule has 1 heterocycles. The maximum Gasteiger partial charge on any atom is 0.263 e. The number of hydrogen-bond donors (Lipinski definition) is 0. The van der Waals surface area contributed by atoms with Crippen LogP contribution in [0.5, 0.6) is 0 Å². The number of aromatic nitrogens is 2. The van der Waals surface area contributed by atoms with Crippen LogP contribution in [0.4, 0.5) is 4.39 Å². The topological polar surface area (TPSA) is 38.9 Å². The molecule has 1 aromatic heterocycles. The molecule has 0 radical (unpaired) electrons. The second-order valence-corrected chi connectivity index (χ2v) is 3.58. The second kappa shape index (κ2) is 3.67. The van der Waals surface area contributed by atoms with Crippen LogP contribution >= 0.6 is 27.5 Å². The van der Waals surface area contributed by atoms with E-state index in [2.05, 4.69) is 26.1 Å². The van der Waals surface area contributed by atoms with E-state index in [0.717, 1.165) is 0 Å². The van der Waals surface area contributed by atoms with Crippen LogP contribution in [0.3, 0.4) is 0 Å². The van der Waals surface area contributed by atoms with Crippen LogP contribution in [-0.4, -0.2) is 10.1 Å². The molecule has 2 aromatic rings. The molecule has 0 atom stereocenters. The summed E-state index contributed by atoms with van der Waals surface area (Å²) in [6.07, 6.45) is 0. The second-order valence-electron chi connectivity index (χ2n) is 2.47. The van der Waals surface area contributed by atoms with Crippen LogP contribution < -0.4 is 0 Å². The van der Waals surface area contributed by atoms with E-state index < -0.39 is 5.82 Å². The third-order valence-corrected chi connectivity index (χ3v) is 2.21. The molecule has 0 bridgehead atoms. The van der Waals surface area contributed by atoms with Gasteiger partial charge in [0.25, 0.3) is 5.89 Å². The summed E-state index contributed by atoms with van der Waals surface area (Å²) in [6, 6.07) is 4.34. The lowest BCUT2D eigenvalue weighted by molar-refractivity contribution is 0.424. The predicted octanol–water partition coefficient (Wildman–Crippen LogP) is 3.29. The smallest absolute Gasteiger partial charge is 0.263 e. The molecule has 0 aliphatic carbocycles. The van der Waals surface area contributed by atoms with Gasteiger partial charge in [0, 0.05) is 0 Å². The molecular weight excluding hydrogens is 274 g/mol. The lowest BCUT2D eigenvalue weighted by Crippen LogP contribution is -1.85. The highest BCUT2D eigenvalue weighted by atomic mass is 79.9. The Morgan fingerprint density at radius 1 is 1.43 bits per heavy atom. The van der Waals surface area contributed by atoms with Gasteiger partial charge in [-0.15, -0.1) is 0 Å². The third kappa shape index (κ3) is 1.65. The van der Waals surface area contributed by atoms with Crippen molar-refractivity contribution in [3.05, 3.63) is 33.8 Å². The first kappa shape index (κ1) is 9.61. The minimum atomic E-state index is -0.492. The third-order valence-electron chi connectivity index (χ3n) is 1.58. The Morgan fingerprint density at radius 3 is 2.79 bits per heavy atom. The van der Waals surface area contributed by atoms with E-state index >= 15 is 0 Å². The number of benzene rings is 1. The predicted molar refractivity (Wildman–Crippen MR) is 52.4 cm³/mol. The van der Waals surface area contributed by atoms with Crippen LogP contribution in [-0.2, 0) is 0 Å². The summed E-state index contributed by atoms with van der Waals surface area (Å²) in [6.45, 7) is 0. The summed E-state index contributed by atoms with van der Waals surface area (Å²) in [7, 11) is 0. The van der Waals surface area contributed by atoms with Crippen LogP contribution in [0.1, 0.15) is 0 Å². The maximum atomic E-state index is 13.3. The number of halogens is 3. The Labute approximate surface area is 92.0 Å². The first-order valence-electron chi connectivity index (χ1n) is 3.62. The Morgan fingerprint density at radius 2 is 2.21 bits per heavy atom. The molecule has 0 saturated carbocycles. The minimum Gasteiger partial charge on any atom is -0.333 e. The summed E-state index contributed by atoms with van der Waals surface area (Å²) in [5, 5.41) is 3.72. The summed E-state index contributed by atoms with van der Waals surface area (Å²) >= 11 is 8.79. The summed E-state index contributed by atoms with van der Waals surface area (Å²) in [5.41, 5.74) is 0.118. The SMILES string of the molecule is Fc1cccc(Cl)c1-c1nc(Br)no1. The van der Waals surface area contributed by atoms with E-state index in [-0.39, 0.29) is 21.2 Å². The quantitative estimate of drug-likeness (QED) is 0.803. The molecule has 3 nitrogen and oxygen atoms in total. The van der Waals surface area contributed by atoms with Crippen molar-refractivity contribution in [3.8, 4) is 11.5 Å². The van der Waals surface area contributed by atoms with Crippen molar-refractivity contribution in [1.82, 2.24) is 10.1 Å². The van der Waals surface area contributed by atoms with Gasteiger partial charge in [-0.05, 0) is 33.2 Å². The van der Waals surface area contributed by atoms with Gasteiger partial charge in [0.15, 0.2) is 0 Å². The van der Waals surface area contributed by atoms with Gasteiger partial charge < -0.3 is 4.52 Å². The van der Waals surface area contributed by atoms with Crippen LogP contribution in [0.2, 0.25) is 5.02 Å². The minimum absolute atomic E-state index is 0.0555. The molecule has 14 heavy (non-hydrogen) atoms. The van der Waals surface area contributed by atoms with Gasteiger partial charge in [-0.3, -0.25) is 0 Å². The van der Waals surface area contributed by atoms with Crippen molar-refractivity contribution < 1.29 is 8.91 Å². The number of hydrogen-bond acceptors (Lipinski definition) is 3. The van der Waals surface area contributed by atoms with Crippen molar-refractivity contribution in [2.75, 3.05) is 0 Å². The fourth-order valence-electron chi connectivity index (χ4n) is 1.01. The van der Waals surface area contributed by atoms with Crippen molar-refractivity contribution in [2.24, 2.45) is 0 Å². The molecule has 1 aromatic carbocycles. The molecule has 2 rings (SSSR count). The molecule has 0 N–H and O–H groups in total. The molecular formula is C8H3BrClFN2O. The summed E-state index contributed by atoms with van der Waals surface area (Å²) in [4.78, 5) is 3.82. The van der Waals surface area contributed by atoms with E-state index in [1.807, 2.05) is 0 Å². The van der Waals surface area contributed by atoms with Crippen LogP contribution in [0.25, 0.3) is 11.5 Å². The molecule has 0 spiro atoms. The van der Waals surface area contributed by atoms with Gasteiger partial charge in [0.1, 0.15) is 5.82 Å². The Kier molecular flexibility index (Phi) is 2.52. The molecule has 0 fully saturated rings. The first-order valence-corrected chi connectivity index (χ1v) is 4.79. The fraction of sp³-hybridized carbons (Fsp3) is 0. The molecule has 0 unspecified atom stereocenters. The zero-order chi connectivity index (χ0) is 10.1. The van der Waals surface area contributed by atoms with Gasteiger partial charge in [0.2, 0.25) is 4.73 Å². The average molecular weight is 277 g/mol. The van der Waals surface area contributed by atoms with Gasteiger partial charge in [-0.2, -0.15) is 4.98 Å². The number of rotatable bonds is 1. The largest absolute Gasteiger partial charge is 0.333 e. The molecule has 72 valence electrons. The Hall–Kier alpha value is -0.940. The normalized spacial score (nSPS) is 10.5. The molecule has 0 aliphatic heterocycles. The van der Waals surface area contributed by atoms with Gasteiger partial charge in [-0.25, -0.2) is 4.39 Å². The lowest BCUT2D eigenvalue weighted by atomic mass is 10.2. The average Bonchev–Trinajstić information content (AvgIpc) is 2.51. The molecule has 0 saturated heterocycles. The summed E-state index contributed by atoms with van der Waals surface area (Å²) < 4.78 is 18.4. The van der Waals surface area contributed by atoms with E-state index in [1.54, 1.807) is 6.07 Å². The first-order chi connectivity index (χ1) is 6.68. The van der Waals surface area contributed by atoms with Crippen molar-refractivity contribution >= 4 is 27.5 Å². The molecule has 0 amide bonds. The standard InChI is InChI=1S/C8H3BrClFN2O/c9-8-12-7(14-13-8)6-4(10)2-1-3-5(6)11/h1-3H. The highest BCUT2D eigenvalue weighted by Crippen LogP contribution is 2.29. The van der Waals surface area contributed by atoms with Gasteiger partial charge in [0.05, 0.1) is 10.6 Å². The summed E-state index contributed by atoms with van der Waals surface area (Å²) in [5.74, 6) is -0.436. The van der Waals surface area contributed by atoms with Crippen molar-refractivity contribution in [1.29, 1.82) is 0 Å². The van der Waals surface area contributed by atoms with E-state index in [9.17, 15) is 4.39 Å². The van der Waals surface area contributed by atoms with Crippen molar-refractivity contribution in [2.45, 2.75) is 0 Å². The van der Waals surface area contributed by atoms with Crippen molar-refractivity contribution in [3.63, 3.8) is 0 Å². The highest BCUT2D eigenvalue weighted by Gasteiger charge is 2.15. The van der Waals surface area contributed by atoms with Crippen LogP contribution in [0, 0.1) is 5.82 Å². The Balaban J connectivity index is 2.61. The zero-order valence-electron chi connectivity index (χ0n) is 6.67. The fourth-order valence-corrected chi connectivity index (χ4v) is 1.49. The van der Waals surface area contributed by atoms with E-state index in [0.29, 0.717) is 0 Å². The maximum absolute atomic E-state index is 13.3. The van der Waals surface area contributed by atoms with Crippen LogP contribution in [0.15, 0.2) is 27.5 Å². The zero-order valence-corrected chi connectivity index (χ0v) is 9.01. The Bertz CT molecular complexity index is 454. The molecule has 0 aliphatic rings. The highest BCUT2D eigenvalue weighted by molar-refractivity contribution is 9.10. The lowest BCUT2D eigenvalue weighted by Gasteiger charge is -1.98. The monoisotopic (exact) mass is 276 g/mol. The van der Waals surface area contributed by atoms with Gasteiger partial charge >= 0.3 is 0 Å². The number of nitrogens with zero attached hydrogens (tertiary/aromatic N) is 2. The van der Waals surface area contributed by atoms with E-state index in [1.165, 1.54) is 12.1 Å². The van der Waals surface area contributed by atoms with Gasteiger partial charge in [-0.1, -0.05) is 17.7 Å².